The first-order valence-electron chi connectivity index (χ1n) is 18.7. The van der Waals surface area contributed by atoms with Crippen LogP contribution in [-0.4, -0.2) is 0 Å². The Balaban J connectivity index is 1.06. The SMILES string of the molecule is c1ccc(N(c2ccc3ccccc3c2)c2ccc3cc4oc5cc6ccc(N(c7ccccc7)c7cccc8ccccc78)cc6cc5c4cc3c2)cc1. The van der Waals surface area contributed by atoms with Crippen LogP contribution in [0.1, 0.15) is 0 Å². The number of furan rings is 1. The van der Waals surface area contributed by atoms with Crippen molar-refractivity contribution in [1.29, 1.82) is 0 Å². The molecule has 10 aromatic carbocycles. The van der Waals surface area contributed by atoms with Gasteiger partial charge >= 0.3 is 0 Å². The van der Waals surface area contributed by atoms with Crippen LogP contribution in [0.15, 0.2) is 211 Å². The Morgan fingerprint density at radius 2 is 0.709 bits per heavy atom. The van der Waals surface area contributed by atoms with E-state index in [1.54, 1.807) is 0 Å². The van der Waals surface area contributed by atoms with Crippen LogP contribution in [0.4, 0.5) is 34.1 Å². The summed E-state index contributed by atoms with van der Waals surface area (Å²) in [6.45, 7) is 0. The number of hydrogen-bond donors (Lipinski definition) is 0. The number of rotatable bonds is 6. The average molecular weight is 703 g/mol. The van der Waals surface area contributed by atoms with Crippen LogP contribution < -0.4 is 9.80 Å². The third-order valence-corrected chi connectivity index (χ3v) is 10.9. The summed E-state index contributed by atoms with van der Waals surface area (Å²) in [5.41, 5.74) is 8.48. The molecule has 0 N–H and O–H groups in total. The van der Waals surface area contributed by atoms with Gasteiger partial charge in [-0.3, -0.25) is 0 Å². The van der Waals surface area contributed by atoms with Crippen molar-refractivity contribution in [3.8, 4) is 0 Å². The van der Waals surface area contributed by atoms with Gasteiger partial charge in [-0.15, -0.1) is 0 Å². The van der Waals surface area contributed by atoms with Crippen LogP contribution in [0.3, 0.4) is 0 Å². The topological polar surface area (TPSA) is 19.6 Å². The summed E-state index contributed by atoms with van der Waals surface area (Å²) < 4.78 is 6.57. The molecule has 0 radical (unpaired) electrons. The highest BCUT2D eigenvalue weighted by Crippen LogP contribution is 2.43. The lowest BCUT2D eigenvalue weighted by Crippen LogP contribution is -2.10. The molecule has 0 bridgehead atoms. The molecule has 0 aliphatic carbocycles. The minimum atomic E-state index is 0.891. The molecule has 0 atom stereocenters. The fourth-order valence-corrected chi connectivity index (χ4v) is 8.26. The molecule has 258 valence electrons. The number of benzene rings is 10. The van der Waals surface area contributed by atoms with Gasteiger partial charge in [0.1, 0.15) is 11.2 Å². The first kappa shape index (κ1) is 31.2. The molecule has 0 unspecified atom stereocenters. The van der Waals surface area contributed by atoms with Crippen LogP contribution in [0.5, 0.6) is 0 Å². The fraction of sp³-hybridized carbons (Fsp3) is 0. The van der Waals surface area contributed by atoms with Crippen molar-refractivity contribution < 1.29 is 4.42 Å². The van der Waals surface area contributed by atoms with Crippen molar-refractivity contribution >= 4 is 99.2 Å². The van der Waals surface area contributed by atoms with Gasteiger partial charge in [-0.1, -0.05) is 115 Å². The molecule has 3 heteroatoms. The standard InChI is InChI=1S/C52H34N2O/c1-3-16-42(17-4-1)53(44-25-22-35-12-7-8-14-37(35)28-44)45-26-23-38-33-51-48(31-40(38)29-45)49-32-41-30-46(27-24-39(41)34-52(49)55-51)54(43-18-5-2-6-19-43)50-21-11-15-36-13-9-10-20-47(36)50/h1-34H. The summed E-state index contributed by atoms with van der Waals surface area (Å²) in [4.78, 5) is 4.70. The largest absolute Gasteiger partial charge is 0.456 e. The van der Waals surface area contributed by atoms with Gasteiger partial charge < -0.3 is 14.2 Å². The molecule has 1 aromatic heterocycles. The lowest BCUT2D eigenvalue weighted by atomic mass is 10.0. The van der Waals surface area contributed by atoms with E-state index in [0.29, 0.717) is 0 Å². The van der Waals surface area contributed by atoms with Gasteiger partial charge in [0, 0.05) is 44.6 Å². The highest BCUT2D eigenvalue weighted by molar-refractivity contribution is 6.14. The summed E-state index contributed by atoms with van der Waals surface area (Å²) in [6, 6.07) is 74.0. The molecule has 0 fully saturated rings. The fourth-order valence-electron chi connectivity index (χ4n) is 8.26. The molecule has 0 saturated heterocycles. The van der Waals surface area contributed by atoms with Gasteiger partial charge in [0.15, 0.2) is 0 Å². The van der Waals surface area contributed by atoms with Crippen molar-refractivity contribution in [2.75, 3.05) is 9.80 Å². The molecule has 0 saturated carbocycles. The number of fused-ring (bicyclic) bond motifs is 7. The Hall–Kier alpha value is -7.36. The first-order chi connectivity index (χ1) is 27.2. The second kappa shape index (κ2) is 12.6. The molecule has 11 rings (SSSR count). The molecule has 0 aliphatic heterocycles. The maximum absolute atomic E-state index is 6.57. The Labute approximate surface area is 318 Å². The quantitative estimate of drug-likeness (QED) is 0.172. The lowest BCUT2D eigenvalue weighted by Gasteiger charge is -2.27. The Morgan fingerprint density at radius 1 is 0.255 bits per heavy atom. The van der Waals surface area contributed by atoms with Gasteiger partial charge in [0.2, 0.25) is 0 Å². The van der Waals surface area contributed by atoms with E-state index in [0.717, 1.165) is 77.6 Å². The summed E-state index contributed by atoms with van der Waals surface area (Å²) >= 11 is 0. The zero-order chi connectivity index (χ0) is 36.3. The van der Waals surface area contributed by atoms with Crippen molar-refractivity contribution in [3.63, 3.8) is 0 Å². The maximum atomic E-state index is 6.57. The zero-order valence-corrected chi connectivity index (χ0v) is 29.9. The summed E-state index contributed by atoms with van der Waals surface area (Å²) in [6.07, 6.45) is 0. The Bertz CT molecular complexity index is 3220. The van der Waals surface area contributed by atoms with Crippen molar-refractivity contribution in [2.45, 2.75) is 0 Å². The Kier molecular flexibility index (Phi) is 7.17. The van der Waals surface area contributed by atoms with E-state index in [-0.39, 0.29) is 0 Å². The van der Waals surface area contributed by atoms with E-state index in [9.17, 15) is 0 Å². The molecule has 11 aromatic rings. The van der Waals surface area contributed by atoms with Crippen molar-refractivity contribution in [3.05, 3.63) is 206 Å². The monoisotopic (exact) mass is 702 g/mol. The first-order valence-corrected chi connectivity index (χ1v) is 18.7. The van der Waals surface area contributed by atoms with Gasteiger partial charge in [-0.05, 0) is 129 Å². The number of para-hydroxylation sites is 2. The van der Waals surface area contributed by atoms with E-state index in [1.165, 1.54) is 21.5 Å². The van der Waals surface area contributed by atoms with E-state index in [2.05, 4.69) is 216 Å². The van der Waals surface area contributed by atoms with E-state index < -0.39 is 0 Å². The predicted octanol–water partition coefficient (Wildman–Crippen LogP) is 15.1. The third kappa shape index (κ3) is 5.36. The van der Waals surface area contributed by atoms with E-state index >= 15 is 0 Å². The minimum Gasteiger partial charge on any atom is -0.456 e. The normalized spacial score (nSPS) is 11.6. The second-order valence-corrected chi connectivity index (χ2v) is 14.2. The van der Waals surface area contributed by atoms with Crippen LogP contribution in [0, 0.1) is 0 Å². The van der Waals surface area contributed by atoms with Crippen LogP contribution in [0.25, 0.3) is 65.0 Å². The summed E-state index contributed by atoms with van der Waals surface area (Å²) in [7, 11) is 0. The highest BCUT2D eigenvalue weighted by atomic mass is 16.3. The molecular formula is C52H34N2O. The number of hydrogen-bond acceptors (Lipinski definition) is 3. The van der Waals surface area contributed by atoms with Crippen LogP contribution in [-0.2, 0) is 0 Å². The molecule has 3 nitrogen and oxygen atoms in total. The molecular weight excluding hydrogens is 669 g/mol. The van der Waals surface area contributed by atoms with Crippen LogP contribution >= 0.6 is 0 Å². The lowest BCUT2D eigenvalue weighted by molar-refractivity contribution is 0.670. The average Bonchev–Trinajstić information content (AvgIpc) is 3.58. The second-order valence-electron chi connectivity index (χ2n) is 14.2. The Morgan fingerprint density at radius 3 is 1.35 bits per heavy atom. The molecule has 0 aliphatic rings. The predicted molar refractivity (Wildman–Crippen MR) is 233 cm³/mol. The molecule has 55 heavy (non-hydrogen) atoms. The van der Waals surface area contributed by atoms with Crippen molar-refractivity contribution in [1.82, 2.24) is 0 Å². The number of nitrogens with zero attached hydrogens (tertiary/aromatic N) is 2. The highest BCUT2D eigenvalue weighted by Gasteiger charge is 2.18. The molecule has 0 spiro atoms. The third-order valence-electron chi connectivity index (χ3n) is 10.9. The van der Waals surface area contributed by atoms with Gasteiger partial charge in [-0.2, -0.15) is 0 Å². The van der Waals surface area contributed by atoms with E-state index in [4.69, 9.17) is 4.42 Å². The summed E-state index contributed by atoms with van der Waals surface area (Å²) in [5, 5.41) is 11.7. The van der Waals surface area contributed by atoms with Gasteiger partial charge in [0.25, 0.3) is 0 Å². The number of anilines is 6. The van der Waals surface area contributed by atoms with E-state index in [1.807, 2.05) is 0 Å². The zero-order valence-electron chi connectivity index (χ0n) is 29.9. The maximum Gasteiger partial charge on any atom is 0.136 e. The smallest absolute Gasteiger partial charge is 0.136 e. The van der Waals surface area contributed by atoms with Gasteiger partial charge in [-0.25, -0.2) is 0 Å². The molecule has 1 heterocycles. The van der Waals surface area contributed by atoms with Crippen LogP contribution in [0.2, 0.25) is 0 Å². The summed E-state index contributed by atoms with van der Waals surface area (Å²) in [5.74, 6) is 0. The minimum absolute atomic E-state index is 0.891. The van der Waals surface area contributed by atoms with Gasteiger partial charge in [0.05, 0.1) is 5.69 Å². The van der Waals surface area contributed by atoms with Crippen molar-refractivity contribution in [2.24, 2.45) is 0 Å². The molecule has 0 amide bonds.